The molecule has 0 aliphatic heterocycles. The van der Waals surface area contributed by atoms with Gasteiger partial charge in [0.25, 0.3) is 0 Å². The number of hydrogen-bond acceptors (Lipinski definition) is 5. The van der Waals surface area contributed by atoms with Crippen molar-refractivity contribution in [2.45, 2.75) is 38.1 Å². The molecule has 0 aliphatic rings. The molecule has 0 aliphatic carbocycles. The summed E-state index contributed by atoms with van der Waals surface area (Å²) in [7, 11) is -3.47. The van der Waals surface area contributed by atoms with Crippen LogP contribution in [0.25, 0.3) is 10.2 Å². The zero-order chi connectivity index (χ0) is 22.4. The first-order valence-corrected chi connectivity index (χ1v) is 12.9. The monoisotopic (exact) mass is 480 g/mol. The fourth-order valence-electron chi connectivity index (χ4n) is 3.12. The van der Waals surface area contributed by atoms with Crippen LogP contribution in [0, 0.1) is 6.92 Å². The lowest BCUT2D eigenvalue weighted by Gasteiger charge is -2.06. The van der Waals surface area contributed by atoms with Crippen molar-refractivity contribution >= 4 is 48.9 Å². The largest absolute Gasteiger partial charge is 0.380 e. The number of amides is 1. The molecule has 0 saturated carbocycles. The first kappa shape index (κ1) is 23.7. The van der Waals surface area contributed by atoms with Gasteiger partial charge in [-0.25, -0.2) is 8.42 Å². The first-order chi connectivity index (χ1) is 14.8. The van der Waals surface area contributed by atoms with Crippen LogP contribution in [0.5, 0.6) is 0 Å². The maximum absolute atomic E-state index is 12.5. The van der Waals surface area contributed by atoms with Gasteiger partial charge >= 0.3 is 0 Å². The van der Waals surface area contributed by atoms with Gasteiger partial charge in [0.15, 0.2) is 14.6 Å². The first-order valence-electron chi connectivity index (χ1n) is 10.0. The van der Waals surface area contributed by atoms with E-state index < -0.39 is 9.84 Å². The molecule has 0 atom stereocenters. The van der Waals surface area contributed by atoms with Crippen LogP contribution in [0.15, 0.2) is 52.4 Å². The van der Waals surface area contributed by atoms with Crippen molar-refractivity contribution < 1.29 is 17.9 Å². The van der Waals surface area contributed by atoms with E-state index in [-0.39, 0.29) is 29.4 Å². The summed E-state index contributed by atoms with van der Waals surface area (Å²) in [5.74, 6) is -0.453. The summed E-state index contributed by atoms with van der Waals surface area (Å²) in [4.78, 5) is 17.6. The lowest BCUT2D eigenvalue weighted by Crippen LogP contribution is -2.20. The minimum atomic E-state index is -3.47. The van der Waals surface area contributed by atoms with Gasteiger partial charge < -0.3 is 9.30 Å². The Morgan fingerprint density at radius 2 is 1.94 bits per heavy atom. The molecule has 0 fully saturated rings. The Morgan fingerprint density at radius 1 is 1.19 bits per heavy atom. The molecule has 2 aromatic carbocycles. The second-order valence-electron chi connectivity index (χ2n) is 7.09. The van der Waals surface area contributed by atoms with Crippen molar-refractivity contribution in [3.63, 3.8) is 0 Å². The standard InChI is InChI=1S/C22H25ClN2O4S2/c1-3-29-13-12-25-19-11-6-16(2)15-20(19)30-22(25)24-21(26)5-4-14-31(27,28)18-9-7-17(23)8-10-18/h6-11,15H,3-5,12-14H2,1-2H3. The molecule has 0 unspecified atom stereocenters. The third-order valence-corrected chi connectivity index (χ3v) is 7.81. The van der Waals surface area contributed by atoms with E-state index in [1.807, 2.05) is 30.5 Å². The Morgan fingerprint density at radius 3 is 2.65 bits per heavy atom. The van der Waals surface area contributed by atoms with E-state index in [0.717, 1.165) is 15.8 Å². The van der Waals surface area contributed by atoms with Crippen molar-refractivity contribution in [2.24, 2.45) is 4.99 Å². The molecule has 0 saturated heterocycles. The van der Waals surface area contributed by atoms with Crippen LogP contribution < -0.4 is 4.80 Å². The molecule has 3 aromatic rings. The van der Waals surface area contributed by atoms with Crippen molar-refractivity contribution in [3.05, 3.63) is 57.9 Å². The number of nitrogens with zero attached hydrogens (tertiary/aromatic N) is 2. The molecular formula is C22H25ClN2O4S2. The molecule has 0 spiro atoms. The average molecular weight is 481 g/mol. The molecule has 0 N–H and O–H groups in total. The molecule has 0 bridgehead atoms. The molecular weight excluding hydrogens is 456 g/mol. The van der Waals surface area contributed by atoms with Crippen LogP contribution in [-0.4, -0.2) is 37.9 Å². The number of aromatic nitrogens is 1. The fourth-order valence-corrected chi connectivity index (χ4v) is 5.73. The molecule has 1 amide bonds. The predicted octanol–water partition coefficient (Wildman–Crippen LogP) is 4.38. The molecule has 166 valence electrons. The van der Waals surface area contributed by atoms with Crippen molar-refractivity contribution in [1.29, 1.82) is 0 Å². The molecule has 1 aromatic heterocycles. The highest BCUT2D eigenvalue weighted by Crippen LogP contribution is 2.19. The number of benzene rings is 2. The third-order valence-electron chi connectivity index (χ3n) is 4.70. The maximum atomic E-state index is 12.5. The van der Waals surface area contributed by atoms with Gasteiger partial charge in [0.05, 0.1) is 27.5 Å². The van der Waals surface area contributed by atoms with Crippen LogP contribution >= 0.6 is 22.9 Å². The number of carbonyl (C=O) groups is 1. The van der Waals surface area contributed by atoms with Gasteiger partial charge in [-0.1, -0.05) is 29.0 Å². The van der Waals surface area contributed by atoms with Crippen LogP contribution in [0.4, 0.5) is 0 Å². The second kappa shape index (κ2) is 10.5. The van der Waals surface area contributed by atoms with Crippen LogP contribution in [0.2, 0.25) is 5.02 Å². The van der Waals surface area contributed by atoms with E-state index in [4.69, 9.17) is 16.3 Å². The quantitative estimate of drug-likeness (QED) is 0.426. The van der Waals surface area contributed by atoms with Gasteiger partial charge in [-0.3, -0.25) is 4.79 Å². The zero-order valence-corrected chi connectivity index (χ0v) is 19.9. The Bertz CT molecular complexity index is 1230. The number of thiazole rings is 1. The third kappa shape index (κ3) is 6.26. The Hall–Kier alpha value is -2.00. The lowest BCUT2D eigenvalue weighted by atomic mass is 10.2. The zero-order valence-electron chi connectivity index (χ0n) is 17.5. The summed E-state index contributed by atoms with van der Waals surface area (Å²) in [5, 5.41) is 0.476. The van der Waals surface area contributed by atoms with E-state index >= 15 is 0 Å². The summed E-state index contributed by atoms with van der Waals surface area (Å²) < 4.78 is 33.4. The van der Waals surface area contributed by atoms with Gasteiger partial charge in [-0.05, 0) is 62.2 Å². The van der Waals surface area contributed by atoms with E-state index in [1.54, 1.807) is 12.1 Å². The molecule has 1 heterocycles. The Balaban J connectivity index is 1.74. The van der Waals surface area contributed by atoms with Crippen LogP contribution in [0.1, 0.15) is 25.3 Å². The van der Waals surface area contributed by atoms with Gasteiger partial charge in [0.1, 0.15) is 0 Å². The molecule has 31 heavy (non-hydrogen) atoms. The minimum absolute atomic E-state index is 0.0611. The van der Waals surface area contributed by atoms with Crippen LogP contribution in [0.3, 0.4) is 0 Å². The van der Waals surface area contributed by atoms with Crippen LogP contribution in [-0.2, 0) is 25.9 Å². The van der Waals surface area contributed by atoms with Gasteiger partial charge in [0, 0.05) is 24.6 Å². The highest BCUT2D eigenvalue weighted by atomic mass is 35.5. The number of sulfone groups is 1. The fraction of sp³-hybridized carbons (Fsp3) is 0.364. The van der Waals surface area contributed by atoms with Gasteiger partial charge in [-0.15, -0.1) is 0 Å². The molecule has 3 rings (SSSR count). The SMILES string of the molecule is CCOCCn1c(=NC(=O)CCCS(=O)(=O)c2ccc(Cl)cc2)sc2cc(C)ccc21. The number of hydrogen-bond donors (Lipinski definition) is 0. The van der Waals surface area contributed by atoms with Gasteiger partial charge in [0.2, 0.25) is 5.91 Å². The number of carbonyl (C=O) groups excluding carboxylic acids is 1. The summed E-state index contributed by atoms with van der Waals surface area (Å²) in [5.41, 5.74) is 2.14. The Labute approximate surface area is 191 Å². The number of ether oxygens (including phenoxy) is 1. The number of aryl methyl sites for hydroxylation is 1. The minimum Gasteiger partial charge on any atom is -0.380 e. The topological polar surface area (TPSA) is 77.7 Å². The molecule has 9 heteroatoms. The lowest BCUT2D eigenvalue weighted by molar-refractivity contribution is -0.118. The van der Waals surface area contributed by atoms with Gasteiger partial charge in [-0.2, -0.15) is 4.99 Å². The maximum Gasteiger partial charge on any atom is 0.248 e. The number of rotatable bonds is 9. The van der Waals surface area contributed by atoms with Crippen molar-refractivity contribution in [3.8, 4) is 0 Å². The number of halogens is 1. The van der Waals surface area contributed by atoms with Crippen molar-refractivity contribution in [1.82, 2.24) is 4.57 Å². The highest BCUT2D eigenvalue weighted by Gasteiger charge is 2.15. The molecule has 6 nitrogen and oxygen atoms in total. The summed E-state index contributed by atoms with van der Waals surface area (Å²) >= 11 is 7.27. The van der Waals surface area contributed by atoms with E-state index in [9.17, 15) is 13.2 Å². The normalized spacial score (nSPS) is 12.5. The van der Waals surface area contributed by atoms with E-state index in [0.29, 0.717) is 29.6 Å². The molecule has 0 radical (unpaired) electrons. The predicted molar refractivity (Wildman–Crippen MR) is 124 cm³/mol. The second-order valence-corrected chi connectivity index (χ2v) is 10.6. The average Bonchev–Trinajstić information content (AvgIpc) is 3.04. The van der Waals surface area contributed by atoms with E-state index in [2.05, 4.69) is 11.1 Å². The summed E-state index contributed by atoms with van der Waals surface area (Å²) in [6, 6.07) is 12.2. The van der Waals surface area contributed by atoms with E-state index in [1.165, 1.54) is 23.5 Å². The Kier molecular flexibility index (Phi) is 8.05. The number of fused-ring (bicyclic) bond motifs is 1. The van der Waals surface area contributed by atoms with Crippen molar-refractivity contribution in [2.75, 3.05) is 19.0 Å². The summed E-state index contributed by atoms with van der Waals surface area (Å²) in [6.07, 6.45) is 0.266. The summed E-state index contributed by atoms with van der Waals surface area (Å²) in [6.45, 7) is 5.69. The highest BCUT2D eigenvalue weighted by molar-refractivity contribution is 7.91. The smallest absolute Gasteiger partial charge is 0.248 e.